The molecule has 0 heterocycles. The third-order valence-corrected chi connectivity index (χ3v) is 10.7. The molecule has 0 N–H and O–H groups in total. The highest BCUT2D eigenvalue weighted by molar-refractivity contribution is 9.17. The first-order chi connectivity index (χ1) is 4.21. The lowest BCUT2D eigenvalue weighted by molar-refractivity contribution is 0.769. The van der Waals surface area contributed by atoms with Crippen LogP contribution in [0.1, 0.15) is 0 Å². The topological polar surface area (TPSA) is 0 Å². The quantitative estimate of drug-likeness (QED) is 0.412. The van der Waals surface area contributed by atoms with Crippen LogP contribution in [0.5, 0.6) is 0 Å². The number of hydrogen-bond donors (Lipinski definition) is 0. The van der Waals surface area contributed by atoms with Crippen molar-refractivity contribution in [2.24, 2.45) is 0 Å². The zero-order valence-electron chi connectivity index (χ0n) is 4.04. The van der Waals surface area contributed by atoms with E-state index in [4.69, 9.17) is 0 Å². The van der Waals surface area contributed by atoms with E-state index in [2.05, 4.69) is 23.6 Å². The third kappa shape index (κ3) is 9.72. The Morgan fingerprint density at radius 3 is 1.10 bits per heavy atom. The average molecular weight is 266 g/mol. The maximum Gasteiger partial charge on any atom is 0.336 e. The molecule has 10 heavy (non-hydrogen) atoms. The van der Waals surface area contributed by atoms with Crippen LogP contribution >= 0.6 is 32.5 Å². The zero-order valence-corrected chi connectivity index (χ0v) is 9.09. The molecule has 0 aliphatic heterocycles. The number of hydrogen-bond acceptors (Lipinski definition) is 4. The fourth-order valence-corrected chi connectivity index (χ4v) is 10.7. The fraction of sp³-hybridized carbons (Fsp3) is 0. The van der Waals surface area contributed by atoms with Crippen LogP contribution in [0, 0.1) is 0 Å². The summed E-state index contributed by atoms with van der Waals surface area (Å²) in [5, 5.41) is 0. The van der Waals surface area contributed by atoms with E-state index in [9.17, 15) is 16.8 Å². The van der Waals surface area contributed by atoms with Crippen LogP contribution in [0.3, 0.4) is 0 Å². The van der Waals surface area contributed by atoms with Crippen molar-refractivity contribution in [1.29, 1.82) is 0 Å². The molecular formula is F4P2S4. The third-order valence-electron chi connectivity index (χ3n) is 0.207. The van der Waals surface area contributed by atoms with Gasteiger partial charge in [0.15, 0.2) is 0 Å². The second-order valence-corrected chi connectivity index (χ2v) is 13.4. The van der Waals surface area contributed by atoms with Crippen molar-refractivity contribution in [2.75, 3.05) is 0 Å². The minimum atomic E-state index is -4.57. The van der Waals surface area contributed by atoms with Gasteiger partial charge in [-0.2, -0.15) is 16.8 Å². The molecule has 0 nitrogen and oxygen atoms in total. The summed E-state index contributed by atoms with van der Waals surface area (Å²) in [6.45, 7) is 0. The van der Waals surface area contributed by atoms with E-state index in [-0.39, 0.29) is 20.8 Å². The maximum absolute atomic E-state index is 11.8. The highest BCUT2D eigenvalue weighted by atomic mass is 33.5. The molecule has 0 fully saturated rings. The minimum absolute atomic E-state index is 0.255. The second kappa shape index (κ2) is 4.10. The lowest BCUT2D eigenvalue weighted by atomic mass is 18.8. The van der Waals surface area contributed by atoms with E-state index >= 15 is 0 Å². The Morgan fingerprint density at radius 1 is 0.800 bits per heavy atom. The SMILES string of the molecule is FP(F)(=S)SSP(F)(F)=S. The summed E-state index contributed by atoms with van der Waals surface area (Å²) in [6, 6.07) is 0. The van der Waals surface area contributed by atoms with Crippen LogP contribution in [0.25, 0.3) is 0 Å². The zero-order chi connectivity index (χ0) is 8.41. The van der Waals surface area contributed by atoms with Gasteiger partial charge in [-0.3, -0.25) is 0 Å². The molecule has 0 saturated carbocycles. The van der Waals surface area contributed by atoms with Crippen LogP contribution in [0.15, 0.2) is 0 Å². The molecule has 0 amide bonds. The van der Waals surface area contributed by atoms with E-state index in [0.29, 0.717) is 0 Å². The summed E-state index contributed by atoms with van der Waals surface area (Å²) >= 11 is 7.22. The molecule has 0 bridgehead atoms. The fourth-order valence-electron chi connectivity index (χ4n) is 0.0776. The van der Waals surface area contributed by atoms with Gasteiger partial charge in [-0.25, -0.2) is 0 Å². The van der Waals surface area contributed by atoms with Gasteiger partial charge in [0.2, 0.25) is 0 Å². The van der Waals surface area contributed by atoms with Crippen molar-refractivity contribution >= 4 is 56.2 Å². The van der Waals surface area contributed by atoms with E-state index in [1.165, 1.54) is 0 Å². The van der Waals surface area contributed by atoms with Crippen LogP contribution < -0.4 is 0 Å². The van der Waals surface area contributed by atoms with Crippen LogP contribution in [-0.2, 0) is 23.6 Å². The predicted octanol–water partition coefficient (Wildman–Crippen LogP) is 4.69. The lowest BCUT2D eigenvalue weighted by Gasteiger charge is -2.00. The largest absolute Gasteiger partial charge is 0.336 e. The molecule has 0 radical (unpaired) electrons. The van der Waals surface area contributed by atoms with Crippen molar-refractivity contribution in [2.45, 2.75) is 0 Å². The average Bonchev–Trinajstić information content (AvgIpc) is 1.57. The summed E-state index contributed by atoms with van der Waals surface area (Å²) in [6.07, 6.45) is 0. The Kier molecular flexibility index (Phi) is 4.80. The van der Waals surface area contributed by atoms with Crippen molar-refractivity contribution in [3.63, 3.8) is 0 Å². The van der Waals surface area contributed by atoms with Crippen LogP contribution in [0.4, 0.5) is 16.8 Å². The molecule has 10 heteroatoms. The molecule has 0 unspecified atom stereocenters. The van der Waals surface area contributed by atoms with Gasteiger partial charge < -0.3 is 0 Å². The summed E-state index contributed by atoms with van der Waals surface area (Å²) < 4.78 is 47.0. The first-order valence-electron chi connectivity index (χ1n) is 1.57. The monoisotopic (exact) mass is 266 g/mol. The minimum Gasteiger partial charge on any atom is -0.168 e. The Balaban J connectivity index is 3.79. The summed E-state index contributed by atoms with van der Waals surface area (Å²) in [7, 11) is -0.510. The molecule has 0 rings (SSSR count). The summed E-state index contributed by atoms with van der Waals surface area (Å²) in [5.41, 5.74) is 0. The molecule has 0 aromatic carbocycles. The van der Waals surface area contributed by atoms with Gasteiger partial charge >= 0.3 is 11.7 Å². The van der Waals surface area contributed by atoms with E-state index in [1.54, 1.807) is 0 Å². The molecule has 0 aliphatic carbocycles. The molecule has 0 saturated heterocycles. The van der Waals surface area contributed by atoms with Gasteiger partial charge in [0.25, 0.3) is 0 Å². The van der Waals surface area contributed by atoms with Crippen LogP contribution in [-0.4, -0.2) is 0 Å². The van der Waals surface area contributed by atoms with E-state index in [0.717, 1.165) is 0 Å². The number of rotatable bonds is 3. The number of halogens is 4. The Bertz CT molecular complexity index is 165. The molecule has 0 aliphatic rings. The van der Waals surface area contributed by atoms with Gasteiger partial charge in [-0.05, 0) is 23.6 Å². The molecule has 62 valence electrons. The van der Waals surface area contributed by atoms with Crippen molar-refractivity contribution < 1.29 is 16.8 Å². The second-order valence-electron chi connectivity index (χ2n) is 0.978. The Hall–Kier alpha value is 1.72. The maximum atomic E-state index is 11.8. The van der Waals surface area contributed by atoms with E-state index < -0.39 is 11.7 Å². The smallest absolute Gasteiger partial charge is 0.168 e. The molecule has 0 aromatic rings. The van der Waals surface area contributed by atoms with Gasteiger partial charge in [0.1, 0.15) is 0 Å². The van der Waals surface area contributed by atoms with Gasteiger partial charge in [-0.1, -0.05) is 0 Å². The lowest BCUT2D eigenvalue weighted by Crippen LogP contribution is -1.45. The van der Waals surface area contributed by atoms with Gasteiger partial charge in [0, 0.05) is 20.8 Å². The first-order valence-corrected chi connectivity index (χ1v) is 10.1. The van der Waals surface area contributed by atoms with E-state index in [1.807, 2.05) is 0 Å². The highest BCUT2D eigenvalue weighted by Crippen LogP contribution is 2.78. The molecule has 0 spiro atoms. The first kappa shape index (κ1) is 11.7. The Morgan fingerprint density at radius 2 is 1.00 bits per heavy atom. The summed E-state index contributed by atoms with van der Waals surface area (Å²) in [5.74, 6) is -9.14. The highest BCUT2D eigenvalue weighted by Gasteiger charge is 2.23. The molecular weight excluding hydrogens is 266 g/mol. The summed E-state index contributed by atoms with van der Waals surface area (Å²) in [4.78, 5) is 0. The van der Waals surface area contributed by atoms with Crippen molar-refractivity contribution in [3.05, 3.63) is 0 Å². The molecule has 0 atom stereocenters. The van der Waals surface area contributed by atoms with Gasteiger partial charge in [0.05, 0.1) is 0 Å². The predicted molar refractivity (Wildman–Crippen MR) is 48.2 cm³/mol. The van der Waals surface area contributed by atoms with Gasteiger partial charge in [-0.15, -0.1) is 0 Å². The Labute approximate surface area is 72.9 Å². The molecule has 0 aromatic heterocycles. The van der Waals surface area contributed by atoms with Crippen LogP contribution in [0.2, 0.25) is 0 Å². The standard InChI is InChI=1S/F4P2S4/c1-5(2,7)9-10-6(3,4)8. The van der Waals surface area contributed by atoms with Crippen molar-refractivity contribution in [3.8, 4) is 0 Å². The van der Waals surface area contributed by atoms with Crippen molar-refractivity contribution in [1.82, 2.24) is 0 Å². The normalized spacial score (nSPS) is 13.6.